The Labute approximate surface area is 102 Å². The molecule has 0 saturated carbocycles. The van der Waals surface area contributed by atoms with Crippen LogP contribution in [-0.4, -0.2) is 43.8 Å². The lowest BCUT2D eigenvalue weighted by Gasteiger charge is -2.36. The molecule has 0 radical (unpaired) electrons. The largest absolute Gasteiger partial charge is 0.389 e. The third kappa shape index (κ3) is 2.29. The molecule has 8 heteroatoms. The summed E-state index contributed by atoms with van der Waals surface area (Å²) in [6.45, 7) is -0.0697. The maximum atomic E-state index is 11.6. The number of hydrogen-bond donors (Lipinski definition) is 4. The number of thiol groups is 1. The smallest absolute Gasteiger partial charge is 0.351 e. The van der Waals surface area contributed by atoms with Gasteiger partial charge >= 0.3 is 5.69 Å². The molecule has 1 unspecified atom stereocenters. The molecule has 4 N–H and O–H groups in total. The maximum absolute atomic E-state index is 11.6. The van der Waals surface area contributed by atoms with Crippen LogP contribution in [0.5, 0.6) is 0 Å². The van der Waals surface area contributed by atoms with Crippen molar-refractivity contribution in [3.8, 4) is 0 Å². The summed E-state index contributed by atoms with van der Waals surface area (Å²) < 4.78 is 6.46. The van der Waals surface area contributed by atoms with Gasteiger partial charge in [0, 0.05) is 6.20 Å². The summed E-state index contributed by atoms with van der Waals surface area (Å²) in [7, 11) is 0. The Morgan fingerprint density at radius 1 is 1.59 bits per heavy atom. The molecule has 0 amide bonds. The van der Waals surface area contributed by atoms with Crippen LogP contribution in [0.4, 0.5) is 5.82 Å². The molecule has 4 atom stereocenters. The summed E-state index contributed by atoms with van der Waals surface area (Å²) in [6.07, 6.45) is -1.44. The van der Waals surface area contributed by atoms with Crippen LogP contribution in [0.15, 0.2) is 17.1 Å². The minimum Gasteiger partial charge on any atom is -0.389 e. The highest BCUT2D eigenvalue weighted by Gasteiger charge is 2.37. The molecule has 1 saturated heterocycles. The van der Waals surface area contributed by atoms with Crippen LogP contribution in [0.25, 0.3) is 0 Å². The molecule has 1 aliphatic heterocycles. The predicted octanol–water partition coefficient (Wildman–Crippen LogP) is -1.63. The number of rotatable bonds is 1. The van der Waals surface area contributed by atoms with Gasteiger partial charge in [-0.3, -0.25) is 4.57 Å². The van der Waals surface area contributed by atoms with E-state index in [4.69, 9.17) is 10.5 Å². The van der Waals surface area contributed by atoms with Crippen LogP contribution in [-0.2, 0) is 4.74 Å². The molecule has 1 aromatic rings. The Morgan fingerprint density at radius 2 is 2.29 bits per heavy atom. The molecule has 94 valence electrons. The summed E-state index contributed by atoms with van der Waals surface area (Å²) in [4.78, 5) is 15.1. The second-order valence-corrected chi connectivity index (χ2v) is 4.41. The number of nitrogen functional groups attached to an aromatic ring is 1. The van der Waals surface area contributed by atoms with Gasteiger partial charge in [-0.1, -0.05) is 0 Å². The van der Waals surface area contributed by atoms with Crippen molar-refractivity contribution in [3.05, 3.63) is 22.7 Å². The predicted molar refractivity (Wildman–Crippen MR) is 62.7 cm³/mol. The van der Waals surface area contributed by atoms with Crippen molar-refractivity contribution in [1.29, 1.82) is 0 Å². The average Bonchev–Trinajstić information content (AvgIpc) is 2.28. The van der Waals surface area contributed by atoms with E-state index in [9.17, 15) is 15.0 Å². The molecule has 2 rings (SSSR count). The normalized spacial score (nSPS) is 33.6. The van der Waals surface area contributed by atoms with E-state index < -0.39 is 29.4 Å². The molecule has 7 nitrogen and oxygen atoms in total. The Morgan fingerprint density at radius 3 is 2.94 bits per heavy atom. The minimum absolute atomic E-state index is 0.0697. The molecule has 1 aliphatic rings. The number of hydrogen-bond acceptors (Lipinski definition) is 7. The van der Waals surface area contributed by atoms with Gasteiger partial charge < -0.3 is 20.7 Å². The molecule has 17 heavy (non-hydrogen) atoms. The maximum Gasteiger partial charge on any atom is 0.351 e. The third-order valence-corrected chi connectivity index (χ3v) is 3.16. The fourth-order valence-corrected chi connectivity index (χ4v) is 2.08. The highest BCUT2D eigenvalue weighted by molar-refractivity contribution is 7.81. The molecule has 1 aromatic heterocycles. The highest BCUT2D eigenvalue weighted by atomic mass is 32.1. The lowest BCUT2D eigenvalue weighted by atomic mass is 10.1. The second-order valence-electron chi connectivity index (χ2n) is 3.81. The monoisotopic (exact) mass is 259 g/mol. The minimum atomic E-state index is -1.07. The fraction of sp³-hybridized carbons (Fsp3) is 0.556. The van der Waals surface area contributed by atoms with E-state index >= 15 is 0 Å². The number of nitrogens with zero attached hydrogens (tertiary/aromatic N) is 2. The van der Waals surface area contributed by atoms with Gasteiger partial charge in [0.25, 0.3) is 0 Å². The van der Waals surface area contributed by atoms with E-state index in [0.717, 1.165) is 0 Å². The Kier molecular flexibility index (Phi) is 3.38. The van der Waals surface area contributed by atoms with Gasteiger partial charge in [-0.05, 0) is 6.07 Å². The zero-order valence-electron chi connectivity index (χ0n) is 8.80. The van der Waals surface area contributed by atoms with Gasteiger partial charge in [0.2, 0.25) is 0 Å². The number of aromatic nitrogens is 2. The molecule has 0 aliphatic carbocycles. The molecule has 2 heterocycles. The van der Waals surface area contributed by atoms with Crippen molar-refractivity contribution in [3.63, 3.8) is 0 Å². The number of anilines is 1. The van der Waals surface area contributed by atoms with Gasteiger partial charge in [0.15, 0.2) is 6.23 Å². The van der Waals surface area contributed by atoms with E-state index in [2.05, 4.69) is 17.6 Å². The van der Waals surface area contributed by atoms with Crippen LogP contribution in [0.1, 0.15) is 6.23 Å². The molecule has 0 aromatic carbocycles. The van der Waals surface area contributed by atoms with Crippen LogP contribution in [0.3, 0.4) is 0 Å². The van der Waals surface area contributed by atoms with Crippen molar-refractivity contribution in [2.75, 3.05) is 12.3 Å². The van der Waals surface area contributed by atoms with Gasteiger partial charge in [0.05, 0.1) is 18.0 Å². The van der Waals surface area contributed by atoms with Crippen molar-refractivity contribution in [2.24, 2.45) is 0 Å². The molecular formula is C9H13N3O4S. The van der Waals surface area contributed by atoms with Gasteiger partial charge in [-0.15, -0.1) is 0 Å². The summed E-state index contributed by atoms with van der Waals surface area (Å²) >= 11 is 4.14. The van der Waals surface area contributed by atoms with E-state index in [0.29, 0.717) is 0 Å². The lowest BCUT2D eigenvalue weighted by molar-refractivity contribution is -0.140. The van der Waals surface area contributed by atoms with Crippen LogP contribution >= 0.6 is 12.6 Å². The Hall–Kier alpha value is -1.09. The molecular weight excluding hydrogens is 246 g/mol. The number of nitrogens with two attached hydrogens (primary N) is 1. The topological polar surface area (TPSA) is 111 Å². The first kappa shape index (κ1) is 12.4. The Balaban J connectivity index is 2.31. The first-order valence-electron chi connectivity index (χ1n) is 5.01. The fourth-order valence-electron chi connectivity index (χ4n) is 1.66. The summed E-state index contributed by atoms with van der Waals surface area (Å²) in [6, 6.07) is 1.45. The average molecular weight is 259 g/mol. The van der Waals surface area contributed by atoms with E-state index in [1.807, 2.05) is 0 Å². The van der Waals surface area contributed by atoms with Crippen molar-refractivity contribution < 1.29 is 14.9 Å². The summed E-state index contributed by atoms with van der Waals surface area (Å²) in [5, 5.41) is 18.3. The van der Waals surface area contributed by atoms with E-state index in [1.165, 1.54) is 16.8 Å². The highest BCUT2D eigenvalue weighted by Crippen LogP contribution is 2.27. The van der Waals surface area contributed by atoms with Crippen molar-refractivity contribution >= 4 is 18.4 Å². The number of aliphatic hydroxyl groups excluding tert-OH is 2. The number of aliphatic hydroxyl groups is 2. The Bertz CT molecular complexity index is 466. The van der Waals surface area contributed by atoms with Crippen LogP contribution in [0.2, 0.25) is 0 Å². The zero-order chi connectivity index (χ0) is 12.6. The first-order valence-corrected chi connectivity index (χ1v) is 5.53. The van der Waals surface area contributed by atoms with Crippen LogP contribution in [0, 0.1) is 0 Å². The summed E-state index contributed by atoms with van der Waals surface area (Å²) in [5.74, 6) is 0.110. The third-order valence-electron chi connectivity index (χ3n) is 2.60. The second kappa shape index (κ2) is 4.65. The number of ether oxygens (including phenoxy) is 1. The van der Waals surface area contributed by atoms with E-state index in [-0.39, 0.29) is 12.4 Å². The molecule has 0 spiro atoms. The van der Waals surface area contributed by atoms with Gasteiger partial charge in [-0.25, -0.2) is 4.79 Å². The molecule has 1 fully saturated rings. The van der Waals surface area contributed by atoms with Gasteiger partial charge in [0.1, 0.15) is 11.9 Å². The van der Waals surface area contributed by atoms with Crippen LogP contribution < -0.4 is 11.4 Å². The SMILES string of the molecule is Nc1ccn(C2OC[C@@H](O)[C@@H](O)[C@@H]2S)c(=O)n1. The van der Waals surface area contributed by atoms with E-state index in [1.54, 1.807) is 0 Å². The summed E-state index contributed by atoms with van der Waals surface area (Å²) in [5.41, 5.74) is 4.78. The first-order chi connectivity index (χ1) is 8.00. The standard InChI is InChI=1S/C9H13N3O4S/c10-5-1-2-12(9(15)11-5)8-7(17)6(14)4(13)3-16-8/h1-2,4,6-8,13-14,17H,3H2,(H2,10,11,15)/t4-,6-,7+,8?/m1/s1. The quantitative estimate of drug-likeness (QED) is 0.451. The van der Waals surface area contributed by atoms with Gasteiger partial charge in [-0.2, -0.15) is 17.6 Å². The van der Waals surface area contributed by atoms with Crippen molar-refractivity contribution in [1.82, 2.24) is 9.55 Å². The zero-order valence-corrected chi connectivity index (χ0v) is 9.70. The van der Waals surface area contributed by atoms with Crippen molar-refractivity contribution in [2.45, 2.75) is 23.7 Å². The lowest BCUT2D eigenvalue weighted by Crippen LogP contribution is -2.50. The molecule has 0 bridgehead atoms.